The number of hydrogen-bond donors (Lipinski definition) is 0. The van der Waals surface area contributed by atoms with Crippen molar-refractivity contribution in [3.05, 3.63) is 35.9 Å². The van der Waals surface area contributed by atoms with E-state index in [2.05, 4.69) is 6.92 Å². The van der Waals surface area contributed by atoms with Gasteiger partial charge in [0.15, 0.2) is 0 Å². The quantitative estimate of drug-likeness (QED) is 0.502. The van der Waals surface area contributed by atoms with E-state index in [-0.39, 0.29) is 0 Å². The van der Waals surface area contributed by atoms with Crippen molar-refractivity contribution in [3.8, 4) is 5.75 Å². The summed E-state index contributed by atoms with van der Waals surface area (Å²) < 4.78 is 5.57. The molecule has 2 heteroatoms. The predicted molar refractivity (Wildman–Crippen MR) is 71.2 cm³/mol. The first-order valence-electron chi connectivity index (χ1n) is 6.20. The minimum atomic E-state index is 0.592. The molecule has 92 valence electrons. The summed E-state index contributed by atoms with van der Waals surface area (Å²) in [7, 11) is 0. The normalized spacial score (nSPS) is 10.6. The number of carbonyl (C=O) groups excluding carboxylic acids is 1. The van der Waals surface area contributed by atoms with Gasteiger partial charge in [0.05, 0.1) is 6.61 Å². The van der Waals surface area contributed by atoms with Gasteiger partial charge in [-0.1, -0.05) is 37.6 Å². The van der Waals surface area contributed by atoms with E-state index in [1.807, 2.05) is 36.4 Å². The fourth-order valence-electron chi connectivity index (χ4n) is 1.39. The molecule has 0 N–H and O–H groups in total. The lowest BCUT2D eigenvalue weighted by Gasteiger charge is -2.04. The van der Waals surface area contributed by atoms with Crippen LogP contribution in [0.5, 0.6) is 5.75 Å². The van der Waals surface area contributed by atoms with Gasteiger partial charge >= 0.3 is 0 Å². The van der Waals surface area contributed by atoms with Crippen LogP contribution in [0.15, 0.2) is 30.3 Å². The maximum Gasteiger partial charge on any atom is 0.120 e. The van der Waals surface area contributed by atoms with E-state index in [0.29, 0.717) is 6.42 Å². The van der Waals surface area contributed by atoms with Gasteiger partial charge in [-0.2, -0.15) is 0 Å². The van der Waals surface area contributed by atoms with Crippen molar-refractivity contribution in [2.45, 2.75) is 32.6 Å². The third-order valence-electron chi connectivity index (χ3n) is 2.41. The van der Waals surface area contributed by atoms with Crippen molar-refractivity contribution >= 4 is 12.4 Å². The minimum absolute atomic E-state index is 0.592. The summed E-state index contributed by atoms with van der Waals surface area (Å²) >= 11 is 0. The smallest absolute Gasteiger partial charge is 0.120 e. The number of benzene rings is 1. The Balaban J connectivity index is 2.38. The number of aldehydes is 1. The maximum absolute atomic E-state index is 10.1. The summed E-state index contributed by atoms with van der Waals surface area (Å²) in [5.41, 5.74) is 1.14. The highest BCUT2D eigenvalue weighted by Gasteiger charge is 1.92. The van der Waals surface area contributed by atoms with Crippen molar-refractivity contribution in [3.63, 3.8) is 0 Å². The summed E-state index contributed by atoms with van der Waals surface area (Å²) in [6.45, 7) is 2.93. The summed E-state index contributed by atoms with van der Waals surface area (Å²) in [6.07, 6.45) is 8.62. The van der Waals surface area contributed by atoms with E-state index in [4.69, 9.17) is 4.74 Å². The first kappa shape index (κ1) is 13.5. The fourth-order valence-corrected chi connectivity index (χ4v) is 1.39. The van der Waals surface area contributed by atoms with Gasteiger partial charge in [0.1, 0.15) is 12.0 Å². The van der Waals surface area contributed by atoms with Gasteiger partial charge in [-0.15, -0.1) is 0 Å². The van der Waals surface area contributed by atoms with E-state index >= 15 is 0 Å². The van der Waals surface area contributed by atoms with E-state index in [0.717, 1.165) is 43.5 Å². The SMILES string of the molecule is CCCCOc1ccc(C=CCCC=O)cc1. The number of rotatable bonds is 8. The second-order valence-corrected chi connectivity index (χ2v) is 3.92. The van der Waals surface area contributed by atoms with E-state index in [9.17, 15) is 4.79 Å². The summed E-state index contributed by atoms with van der Waals surface area (Å²) in [4.78, 5) is 10.1. The molecule has 2 nitrogen and oxygen atoms in total. The molecule has 1 aromatic rings. The minimum Gasteiger partial charge on any atom is -0.494 e. The van der Waals surface area contributed by atoms with Crippen LogP contribution in [-0.2, 0) is 4.79 Å². The zero-order chi connectivity index (χ0) is 12.3. The zero-order valence-electron chi connectivity index (χ0n) is 10.4. The number of hydrogen-bond acceptors (Lipinski definition) is 2. The van der Waals surface area contributed by atoms with Crippen molar-refractivity contribution in [2.75, 3.05) is 6.61 Å². The molecule has 0 saturated heterocycles. The van der Waals surface area contributed by atoms with Crippen LogP contribution in [0, 0.1) is 0 Å². The Labute approximate surface area is 103 Å². The first-order valence-corrected chi connectivity index (χ1v) is 6.20. The molecular weight excluding hydrogens is 212 g/mol. The topological polar surface area (TPSA) is 26.3 Å². The molecule has 0 amide bonds. The second kappa shape index (κ2) is 8.57. The lowest BCUT2D eigenvalue weighted by atomic mass is 10.2. The van der Waals surface area contributed by atoms with Gasteiger partial charge < -0.3 is 9.53 Å². The Kier molecular flexibility index (Phi) is 6.80. The third kappa shape index (κ3) is 5.91. The molecule has 0 fully saturated rings. The van der Waals surface area contributed by atoms with Crippen LogP contribution in [0.25, 0.3) is 6.08 Å². The van der Waals surface area contributed by atoms with Gasteiger partial charge in [-0.25, -0.2) is 0 Å². The average molecular weight is 232 g/mol. The summed E-state index contributed by atoms with van der Waals surface area (Å²) in [5.74, 6) is 0.920. The van der Waals surface area contributed by atoms with Gasteiger partial charge in [0, 0.05) is 6.42 Å². The molecule has 0 saturated carbocycles. The van der Waals surface area contributed by atoms with Crippen molar-refractivity contribution in [1.82, 2.24) is 0 Å². The number of allylic oxidation sites excluding steroid dienone is 1. The van der Waals surface area contributed by atoms with E-state index in [1.165, 1.54) is 0 Å². The highest BCUT2D eigenvalue weighted by Crippen LogP contribution is 2.13. The first-order chi connectivity index (χ1) is 8.36. The fraction of sp³-hybridized carbons (Fsp3) is 0.400. The lowest BCUT2D eigenvalue weighted by molar-refractivity contribution is -0.107. The van der Waals surface area contributed by atoms with Gasteiger partial charge in [0.25, 0.3) is 0 Å². The van der Waals surface area contributed by atoms with Crippen molar-refractivity contribution in [2.24, 2.45) is 0 Å². The standard InChI is InChI=1S/C15H20O2/c1-2-3-13-17-15-10-8-14(9-11-15)7-5-4-6-12-16/h5,7-12H,2-4,6,13H2,1H3. The monoisotopic (exact) mass is 232 g/mol. The summed E-state index contributed by atoms with van der Waals surface area (Å²) in [6, 6.07) is 8.02. The van der Waals surface area contributed by atoms with Crippen LogP contribution in [-0.4, -0.2) is 12.9 Å². The zero-order valence-corrected chi connectivity index (χ0v) is 10.4. The van der Waals surface area contributed by atoms with Crippen LogP contribution in [0.2, 0.25) is 0 Å². The molecule has 0 bridgehead atoms. The van der Waals surface area contributed by atoms with Crippen LogP contribution in [0.4, 0.5) is 0 Å². The molecule has 0 aromatic heterocycles. The molecule has 0 aliphatic rings. The van der Waals surface area contributed by atoms with E-state index < -0.39 is 0 Å². The molecule has 0 radical (unpaired) electrons. The largest absolute Gasteiger partial charge is 0.494 e. The molecule has 0 unspecified atom stereocenters. The average Bonchev–Trinajstić information content (AvgIpc) is 2.37. The molecule has 1 aromatic carbocycles. The molecule has 0 atom stereocenters. The Hall–Kier alpha value is -1.57. The van der Waals surface area contributed by atoms with Crippen molar-refractivity contribution < 1.29 is 9.53 Å². The molecule has 0 heterocycles. The van der Waals surface area contributed by atoms with Crippen LogP contribution < -0.4 is 4.74 Å². The number of carbonyl (C=O) groups is 1. The van der Waals surface area contributed by atoms with E-state index in [1.54, 1.807) is 0 Å². The number of ether oxygens (including phenoxy) is 1. The Morgan fingerprint density at radius 1 is 1.18 bits per heavy atom. The summed E-state index contributed by atoms with van der Waals surface area (Å²) in [5, 5.41) is 0. The lowest BCUT2D eigenvalue weighted by Crippen LogP contribution is -1.95. The molecule has 1 rings (SSSR count). The Morgan fingerprint density at radius 3 is 2.59 bits per heavy atom. The Bertz CT molecular complexity index is 338. The van der Waals surface area contributed by atoms with Gasteiger partial charge in [-0.05, 0) is 30.5 Å². The third-order valence-corrected chi connectivity index (χ3v) is 2.41. The van der Waals surface area contributed by atoms with Crippen molar-refractivity contribution in [1.29, 1.82) is 0 Å². The van der Waals surface area contributed by atoms with Gasteiger partial charge in [-0.3, -0.25) is 0 Å². The van der Waals surface area contributed by atoms with Crippen LogP contribution in [0.1, 0.15) is 38.2 Å². The second-order valence-electron chi connectivity index (χ2n) is 3.92. The van der Waals surface area contributed by atoms with Crippen LogP contribution >= 0.6 is 0 Å². The van der Waals surface area contributed by atoms with Crippen LogP contribution in [0.3, 0.4) is 0 Å². The molecular formula is C15H20O2. The molecule has 0 spiro atoms. The molecule has 0 aliphatic heterocycles. The Morgan fingerprint density at radius 2 is 1.94 bits per heavy atom. The highest BCUT2D eigenvalue weighted by molar-refractivity contribution is 5.53. The maximum atomic E-state index is 10.1. The highest BCUT2D eigenvalue weighted by atomic mass is 16.5. The molecule has 0 aliphatic carbocycles. The predicted octanol–water partition coefficient (Wildman–Crippen LogP) is 3.86. The molecule has 17 heavy (non-hydrogen) atoms. The number of unbranched alkanes of at least 4 members (excludes halogenated alkanes) is 2. The van der Waals surface area contributed by atoms with Gasteiger partial charge in [0.2, 0.25) is 0 Å².